The number of carbonyl (C=O) groups is 1. The lowest BCUT2D eigenvalue weighted by molar-refractivity contribution is 0.0697. The summed E-state index contributed by atoms with van der Waals surface area (Å²) >= 11 is 0. The molecule has 0 spiro atoms. The molecule has 0 radical (unpaired) electrons. The van der Waals surface area contributed by atoms with E-state index in [4.69, 9.17) is 9.84 Å². The van der Waals surface area contributed by atoms with Crippen molar-refractivity contribution < 1.29 is 14.6 Å². The third kappa shape index (κ3) is 5.99. The third-order valence-electron chi connectivity index (χ3n) is 3.53. The van der Waals surface area contributed by atoms with Gasteiger partial charge in [-0.2, -0.15) is 0 Å². The Labute approximate surface area is 137 Å². The molecule has 0 aliphatic carbocycles. The molecule has 1 atom stereocenters. The lowest BCUT2D eigenvalue weighted by Gasteiger charge is -2.13. The SMILES string of the molecule is CC(CCC/C=C/c1ccc(C(=O)O)cc1)Oc1ccccc1. The highest BCUT2D eigenvalue weighted by Crippen LogP contribution is 2.14. The van der Waals surface area contributed by atoms with Crippen molar-refractivity contribution in [1.29, 1.82) is 0 Å². The number of aromatic carboxylic acids is 1. The van der Waals surface area contributed by atoms with Crippen LogP contribution in [0, 0.1) is 0 Å². The summed E-state index contributed by atoms with van der Waals surface area (Å²) in [7, 11) is 0. The molecule has 0 saturated carbocycles. The normalized spacial score (nSPS) is 12.2. The van der Waals surface area contributed by atoms with Crippen molar-refractivity contribution in [2.45, 2.75) is 32.3 Å². The van der Waals surface area contributed by atoms with Gasteiger partial charge in [0, 0.05) is 0 Å². The molecule has 0 aromatic heterocycles. The van der Waals surface area contributed by atoms with Crippen molar-refractivity contribution in [3.63, 3.8) is 0 Å². The van der Waals surface area contributed by atoms with Gasteiger partial charge in [-0.15, -0.1) is 0 Å². The van der Waals surface area contributed by atoms with Gasteiger partial charge in [-0.3, -0.25) is 0 Å². The molecule has 1 N–H and O–H groups in total. The zero-order valence-electron chi connectivity index (χ0n) is 13.3. The van der Waals surface area contributed by atoms with Crippen LogP contribution in [0.3, 0.4) is 0 Å². The van der Waals surface area contributed by atoms with E-state index in [1.54, 1.807) is 12.1 Å². The van der Waals surface area contributed by atoms with Gasteiger partial charge in [-0.1, -0.05) is 42.5 Å². The molecule has 0 bridgehead atoms. The van der Waals surface area contributed by atoms with Crippen molar-refractivity contribution in [3.8, 4) is 5.75 Å². The van der Waals surface area contributed by atoms with Crippen LogP contribution in [0.25, 0.3) is 6.08 Å². The summed E-state index contributed by atoms with van der Waals surface area (Å²) in [6, 6.07) is 16.7. The van der Waals surface area contributed by atoms with Gasteiger partial charge >= 0.3 is 5.97 Å². The monoisotopic (exact) mass is 310 g/mol. The van der Waals surface area contributed by atoms with Gasteiger partial charge in [0.2, 0.25) is 0 Å². The van der Waals surface area contributed by atoms with E-state index in [1.165, 1.54) is 0 Å². The summed E-state index contributed by atoms with van der Waals surface area (Å²) < 4.78 is 5.84. The van der Waals surface area contributed by atoms with Gasteiger partial charge in [0.15, 0.2) is 0 Å². The van der Waals surface area contributed by atoms with Crippen LogP contribution < -0.4 is 4.74 Å². The Bertz CT molecular complexity index is 630. The highest BCUT2D eigenvalue weighted by molar-refractivity contribution is 5.87. The number of hydrogen-bond donors (Lipinski definition) is 1. The van der Waals surface area contributed by atoms with Gasteiger partial charge in [0.25, 0.3) is 0 Å². The Morgan fingerprint density at radius 2 is 1.83 bits per heavy atom. The molecule has 2 rings (SSSR count). The minimum Gasteiger partial charge on any atom is -0.491 e. The maximum Gasteiger partial charge on any atom is 0.335 e. The molecule has 0 aliphatic heterocycles. The molecule has 3 nitrogen and oxygen atoms in total. The average molecular weight is 310 g/mol. The van der Waals surface area contributed by atoms with Crippen molar-refractivity contribution >= 4 is 12.0 Å². The number of rotatable bonds is 8. The number of ether oxygens (including phenoxy) is 1. The molecule has 0 fully saturated rings. The Morgan fingerprint density at radius 1 is 1.13 bits per heavy atom. The Kier molecular flexibility index (Phi) is 6.42. The second-order valence-corrected chi connectivity index (χ2v) is 5.50. The van der Waals surface area contributed by atoms with Crippen LogP contribution in [0.5, 0.6) is 5.75 Å². The first-order valence-corrected chi connectivity index (χ1v) is 7.87. The van der Waals surface area contributed by atoms with Gasteiger partial charge in [0.1, 0.15) is 5.75 Å². The lowest BCUT2D eigenvalue weighted by Crippen LogP contribution is -2.11. The second kappa shape index (κ2) is 8.79. The molecule has 0 saturated heterocycles. The molecule has 120 valence electrons. The molecule has 0 aliphatic rings. The molecule has 2 aromatic rings. The van der Waals surface area contributed by atoms with Gasteiger partial charge in [-0.25, -0.2) is 4.79 Å². The molecular weight excluding hydrogens is 288 g/mol. The quantitative estimate of drug-likeness (QED) is 0.695. The maximum absolute atomic E-state index is 10.8. The van der Waals surface area contributed by atoms with Crippen molar-refractivity contribution in [2.24, 2.45) is 0 Å². The lowest BCUT2D eigenvalue weighted by atomic mass is 10.1. The van der Waals surface area contributed by atoms with E-state index in [1.807, 2.05) is 48.5 Å². The first-order chi connectivity index (χ1) is 11.1. The van der Waals surface area contributed by atoms with E-state index in [2.05, 4.69) is 13.0 Å². The van der Waals surface area contributed by atoms with E-state index in [9.17, 15) is 4.79 Å². The molecular formula is C20H22O3. The summed E-state index contributed by atoms with van der Waals surface area (Å²) in [6.45, 7) is 2.08. The number of benzene rings is 2. The maximum atomic E-state index is 10.8. The summed E-state index contributed by atoms with van der Waals surface area (Å²) in [5.41, 5.74) is 1.33. The van der Waals surface area contributed by atoms with Crippen LogP contribution in [-0.4, -0.2) is 17.2 Å². The molecule has 3 heteroatoms. The number of unbranched alkanes of at least 4 members (excludes halogenated alkanes) is 1. The predicted octanol–water partition coefficient (Wildman–Crippen LogP) is 5.04. The number of carboxylic acid groups (broad SMARTS) is 1. The van der Waals surface area contributed by atoms with Crippen LogP contribution in [-0.2, 0) is 0 Å². The first-order valence-electron chi connectivity index (χ1n) is 7.87. The summed E-state index contributed by atoms with van der Waals surface area (Å²) in [5, 5.41) is 8.85. The Balaban J connectivity index is 1.69. The summed E-state index contributed by atoms with van der Waals surface area (Å²) in [5.74, 6) is 0.0157. The van der Waals surface area contributed by atoms with Crippen LogP contribution in [0.4, 0.5) is 0 Å². The fraction of sp³-hybridized carbons (Fsp3) is 0.250. The van der Waals surface area contributed by atoms with E-state index >= 15 is 0 Å². The molecule has 0 amide bonds. The highest BCUT2D eigenvalue weighted by atomic mass is 16.5. The van der Waals surface area contributed by atoms with E-state index in [0.29, 0.717) is 5.56 Å². The largest absolute Gasteiger partial charge is 0.491 e. The van der Waals surface area contributed by atoms with Crippen LogP contribution in [0.15, 0.2) is 60.7 Å². The zero-order chi connectivity index (χ0) is 16.5. The Hall–Kier alpha value is -2.55. The summed E-state index contributed by atoms with van der Waals surface area (Å²) in [6.07, 6.45) is 7.36. The van der Waals surface area contributed by atoms with Gasteiger partial charge in [0.05, 0.1) is 11.7 Å². The Morgan fingerprint density at radius 3 is 2.48 bits per heavy atom. The third-order valence-corrected chi connectivity index (χ3v) is 3.53. The van der Waals surface area contributed by atoms with E-state index in [-0.39, 0.29) is 6.10 Å². The molecule has 0 heterocycles. The minimum atomic E-state index is -0.895. The minimum absolute atomic E-state index is 0.195. The second-order valence-electron chi connectivity index (χ2n) is 5.50. The van der Waals surface area contributed by atoms with Crippen LogP contribution >= 0.6 is 0 Å². The van der Waals surface area contributed by atoms with E-state index in [0.717, 1.165) is 30.6 Å². The van der Waals surface area contributed by atoms with Crippen LogP contribution in [0.2, 0.25) is 0 Å². The number of hydrogen-bond acceptors (Lipinski definition) is 2. The van der Waals surface area contributed by atoms with Crippen LogP contribution in [0.1, 0.15) is 42.1 Å². The van der Waals surface area contributed by atoms with Crippen molar-refractivity contribution in [2.75, 3.05) is 0 Å². The van der Waals surface area contributed by atoms with Gasteiger partial charge < -0.3 is 9.84 Å². The topological polar surface area (TPSA) is 46.5 Å². The number of allylic oxidation sites excluding steroid dienone is 1. The number of para-hydroxylation sites is 1. The first kappa shape index (κ1) is 16.8. The highest BCUT2D eigenvalue weighted by Gasteiger charge is 2.03. The molecule has 1 unspecified atom stereocenters. The number of carboxylic acids is 1. The predicted molar refractivity (Wildman–Crippen MR) is 92.8 cm³/mol. The standard InChI is InChI=1S/C20H22O3/c1-16(23-19-10-6-3-7-11-19)8-4-2-5-9-17-12-14-18(15-13-17)20(21)22/h3,5-7,9-16H,2,4,8H2,1H3,(H,21,22)/b9-5+. The molecule has 23 heavy (non-hydrogen) atoms. The van der Waals surface area contributed by atoms with E-state index < -0.39 is 5.97 Å². The van der Waals surface area contributed by atoms with Gasteiger partial charge in [-0.05, 0) is 56.0 Å². The van der Waals surface area contributed by atoms with Crippen molar-refractivity contribution in [3.05, 3.63) is 71.8 Å². The van der Waals surface area contributed by atoms with Crippen molar-refractivity contribution in [1.82, 2.24) is 0 Å². The zero-order valence-corrected chi connectivity index (χ0v) is 13.3. The smallest absolute Gasteiger partial charge is 0.335 e. The summed E-state index contributed by atoms with van der Waals surface area (Å²) in [4.78, 5) is 10.8. The average Bonchev–Trinajstić information content (AvgIpc) is 2.56. The fourth-order valence-corrected chi connectivity index (χ4v) is 2.27. The molecule has 2 aromatic carbocycles. The fourth-order valence-electron chi connectivity index (χ4n) is 2.27.